The Balaban J connectivity index is 2.12. The van der Waals surface area contributed by atoms with Crippen LogP contribution in [0.15, 0.2) is 42.7 Å². The highest BCUT2D eigenvalue weighted by molar-refractivity contribution is 8.00. The molecule has 1 aliphatic rings. The number of ketones is 3. The van der Waals surface area contributed by atoms with Gasteiger partial charge in [0, 0.05) is 17.5 Å². The van der Waals surface area contributed by atoms with E-state index < -0.39 is 45.3 Å². The van der Waals surface area contributed by atoms with Crippen molar-refractivity contribution in [3.8, 4) is 22.9 Å². The van der Waals surface area contributed by atoms with Crippen LogP contribution in [0.2, 0.25) is 0 Å². The van der Waals surface area contributed by atoms with Crippen molar-refractivity contribution >= 4 is 29.1 Å². The predicted octanol–water partition coefficient (Wildman–Crippen LogP) is 1.03. The molecule has 172 valence electrons. The van der Waals surface area contributed by atoms with E-state index in [0.717, 1.165) is 20.8 Å². The minimum atomic E-state index is -3.15. The van der Waals surface area contributed by atoms with Crippen LogP contribution in [0.5, 0.6) is 5.75 Å². The molecule has 4 atom stereocenters. The summed E-state index contributed by atoms with van der Waals surface area (Å²) in [6.45, 7) is 2.77. The molecule has 1 saturated heterocycles. The number of pyridine rings is 1. The largest absolute Gasteiger partial charge is 0.474 e. The average Bonchev–Trinajstić information content (AvgIpc) is 2.79. The molecule has 0 saturated carbocycles. The van der Waals surface area contributed by atoms with E-state index in [1.807, 2.05) is 6.07 Å². The van der Waals surface area contributed by atoms with Gasteiger partial charge in [-0.2, -0.15) is 5.26 Å². The molecule has 1 fully saturated rings. The summed E-state index contributed by atoms with van der Waals surface area (Å²) in [5, 5.41) is 42.7. The van der Waals surface area contributed by atoms with Gasteiger partial charge < -0.3 is 20.1 Å². The molecule has 2 aromatic rings. The van der Waals surface area contributed by atoms with Crippen molar-refractivity contribution in [1.29, 1.82) is 5.26 Å². The number of nitriles is 1. The summed E-state index contributed by atoms with van der Waals surface area (Å²) < 4.78 is 5.92. The van der Waals surface area contributed by atoms with Crippen molar-refractivity contribution in [3.63, 3.8) is 0 Å². The van der Waals surface area contributed by atoms with Gasteiger partial charge in [0.05, 0.1) is 17.8 Å². The SMILES string of the molecule is CC(=O)[C@]1(O)[C@@](O)(C(C)=O)CS[C@H](Oc2cnccc2-c2ccc(C#N)cc2)[C@@]1(O)C(C)=O. The van der Waals surface area contributed by atoms with E-state index in [1.165, 1.54) is 12.4 Å². The van der Waals surface area contributed by atoms with E-state index in [-0.39, 0.29) is 5.75 Å². The number of aromatic nitrogens is 1. The molecule has 1 aromatic carbocycles. The maximum absolute atomic E-state index is 12.7. The molecule has 3 rings (SSSR count). The van der Waals surface area contributed by atoms with Crippen molar-refractivity contribution in [2.24, 2.45) is 0 Å². The Hall–Kier alpha value is -3.10. The summed E-state index contributed by atoms with van der Waals surface area (Å²) in [6, 6.07) is 10.2. The van der Waals surface area contributed by atoms with Gasteiger partial charge in [-0.3, -0.25) is 19.4 Å². The Morgan fingerprint density at radius 3 is 2.21 bits per heavy atom. The van der Waals surface area contributed by atoms with Crippen molar-refractivity contribution < 1.29 is 34.4 Å². The minimum Gasteiger partial charge on any atom is -0.474 e. The fraction of sp³-hybridized carbons (Fsp3) is 0.348. The van der Waals surface area contributed by atoms with Crippen LogP contribution in [0.1, 0.15) is 26.3 Å². The van der Waals surface area contributed by atoms with Crippen LogP contribution in [0.3, 0.4) is 0 Å². The number of Topliss-reactive ketones (excluding diaryl/α,β-unsaturated/α-hetero) is 3. The number of benzene rings is 1. The smallest absolute Gasteiger partial charge is 0.208 e. The third kappa shape index (κ3) is 3.63. The van der Waals surface area contributed by atoms with Crippen molar-refractivity contribution in [3.05, 3.63) is 48.3 Å². The molecule has 2 heterocycles. The van der Waals surface area contributed by atoms with Gasteiger partial charge in [-0.25, -0.2) is 0 Å². The second-order valence-electron chi connectivity index (χ2n) is 7.83. The standard InChI is InChI=1S/C23H22N2O7S/c1-13(26)21(29)12-33-20(22(30,14(2)27)23(21,31)15(3)28)32-19-11-25-9-8-18(19)17-6-4-16(10-24)5-7-17/h4-9,11,20,29-31H,12H2,1-3H3/t20-,21-,22-,23-/m0/s1. The second kappa shape index (κ2) is 8.68. The predicted molar refractivity (Wildman–Crippen MR) is 118 cm³/mol. The molecular formula is C23H22N2O7S. The zero-order valence-corrected chi connectivity index (χ0v) is 18.9. The van der Waals surface area contributed by atoms with Crippen LogP contribution in [-0.4, -0.2) is 65.6 Å². The van der Waals surface area contributed by atoms with Gasteiger partial charge in [0.15, 0.2) is 34.0 Å². The highest BCUT2D eigenvalue weighted by Gasteiger charge is 2.75. The summed E-state index contributed by atoms with van der Waals surface area (Å²) in [6.07, 6.45) is 2.82. The Morgan fingerprint density at radius 2 is 1.70 bits per heavy atom. The summed E-state index contributed by atoms with van der Waals surface area (Å²) in [5.74, 6) is -3.61. The molecule has 0 spiro atoms. The van der Waals surface area contributed by atoms with E-state index in [4.69, 9.17) is 10.00 Å². The van der Waals surface area contributed by atoms with E-state index in [9.17, 15) is 29.7 Å². The van der Waals surface area contributed by atoms with Crippen LogP contribution in [-0.2, 0) is 14.4 Å². The average molecular weight is 471 g/mol. The first-order valence-corrected chi connectivity index (χ1v) is 10.9. The summed E-state index contributed by atoms with van der Waals surface area (Å²) >= 11 is 0.711. The molecule has 9 nitrogen and oxygen atoms in total. The quantitative estimate of drug-likeness (QED) is 0.557. The molecular weight excluding hydrogens is 448 g/mol. The van der Waals surface area contributed by atoms with Gasteiger partial charge >= 0.3 is 0 Å². The van der Waals surface area contributed by atoms with Gasteiger partial charge in [0.1, 0.15) is 5.75 Å². The van der Waals surface area contributed by atoms with Gasteiger partial charge in [0.2, 0.25) is 5.60 Å². The van der Waals surface area contributed by atoms with Gasteiger partial charge in [-0.15, -0.1) is 11.8 Å². The van der Waals surface area contributed by atoms with Crippen LogP contribution >= 0.6 is 11.8 Å². The zero-order chi connectivity index (χ0) is 24.6. The Kier molecular flexibility index (Phi) is 6.46. The third-order valence-corrected chi connectivity index (χ3v) is 7.23. The van der Waals surface area contributed by atoms with Crippen molar-refractivity contribution in [2.75, 3.05) is 5.75 Å². The first kappa shape index (κ1) is 24.5. The molecule has 0 amide bonds. The number of carbonyl (C=O) groups excluding carboxylic acids is 3. The van der Waals surface area contributed by atoms with Crippen LogP contribution < -0.4 is 4.74 Å². The lowest BCUT2D eigenvalue weighted by molar-refractivity contribution is -0.235. The third-order valence-electron chi connectivity index (χ3n) is 5.91. The topological polar surface area (TPSA) is 158 Å². The number of hydrogen-bond donors (Lipinski definition) is 3. The molecule has 10 heteroatoms. The minimum absolute atomic E-state index is 0.110. The molecule has 0 unspecified atom stereocenters. The Bertz CT molecular complexity index is 1160. The number of rotatable bonds is 6. The first-order chi connectivity index (χ1) is 15.4. The van der Waals surface area contributed by atoms with Gasteiger partial charge in [-0.1, -0.05) is 12.1 Å². The number of nitrogens with zero attached hydrogens (tertiary/aromatic N) is 2. The number of hydrogen-bond acceptors (Lipinski definition) is 10. The summed E-state index contributed by atoms with van der Waals surface area (Å²) in [4.78, 5) is 41.4. The molecule has 1 aliphatic heterocycles. The van der Waals surface area contributed by atoms with Crippen molar-refractivity contribution in [2.45, 2.75) is 43.0 Å². The number of thioether (sulfide) groups is 1. The number of aliphatic hydroxyl groups is 3. The maximum atomic E-state index is 12.7. The summed E-state index contributed by atoms with van der Waals surface area (Å²) in [7, 11) is 0. The Morgan fingerprint density at radius 1 is 1.06 bits per heavy atom. The van der Waals surface area contributed by atoms with E-state index in [0.29, 0.717) is 28.5 Å². The molecule has 3 N–H and O–H groups in total. The lowest BCUT2D eigenvalue weighted by Gasteiger charge is -2.54. The highest BCUT2D eigenvalue weighted by Crippen LogP contribution is 2.49. The first-order valence-electron chi connectivity index (χ1n) is 9.86. The van der Waals surface area contributed by atoms with Gasteiger partial charge in [0.25, 0.3) is 0 Å². The van der Waals surface area contributed by atoms with Gasteiger partial charge in [-0.05, 0) is 44.5 Å². The molecule has 1 aromatic heterocycles. The maximum Gasteiger partial charge on any atom is 0.208 e. The second-order valence-corrected chi connectivity index (χ2v) is 8.88. The molecule has 0 aliphatic carbocycles. The fourth-order valence-corrected chi connectivity index (χ4v) is 5.47. The Labute approximate surface area is 194 Å². The number of carbonyl (C=O) groups is 3. The van der Waals surface area contributed by atoms with Crippen molar-refractivity contribution in [1.82, 2.24) is 4.98 Å². The van der Waals surface area contributed by atoms with E-state index in [2.05, 4.69) is 4.98 Å². The summed E-state index contributed by atoms with van der Waals surface area (Å²) in [5.41, 5.74) is -8.80. The molecule has 33 heavy (non-hydrogen) atoms. The van der Waals surface area contributed by atoms with E-state index in [1.54, 1.807) is 30.3 Å². The fourth-order valence-electron chi connectivity index (χ4n) is 3.92. The van der Waals surface area contributed by atoms with Crippen LogP contribution in [0.25, 0.3) is 11.1 Å². The lowest BCUT2D eigenvalue weighted by Crippen LogP contribution is -2.82. The molecule has 0 bridgehead atoms. The van der Waals surface area contributed by atoms with Crippen LogP contribution in [0, 0.1) is 11.3 Å². The number of ether oxygens (including phenoxy) is 1. The molecule has 0 radical (unpaired) electrons. The van der Waals surface area contributed by atoms with Crippen LogP contribution in [0.4, 0.5) is 0 Å². The lowest BCUT2D eigenvalue weighted by atomic mass is 9.65. The van der Waals surface area contributed by atoms with E-state index >= 15 is 0 Å². The highest BCUT2D eigenvalue weighted by atomic mass is 32.2. The monoisotopic (exact) mass is 470 g/mol. The zero-order valence-electron chi connectivity index (χ0n) is 18.1. The normalized spacial score (nSPS) is 29.1.